The molecule has 0 bridgehead atoms. The number of hydrogen-bond acceptors (Lipinski definition) is 1. The van der Waals surface area contributed by atoms with Gasteiger partial charge < -0.3 is 0 Å². The van der Waals surface area contributed by atoms with E-state index in [1.165, 1.54) is 0 Å². The van der Waals surface area contributed by atoms with Gasteiger partial charge in [-0.3, -0.25) is 0 Å². The molecule has 0 unspecified atom stereocenters. The number of rotatable bonds is 0. The van der Waals surface area contributed by atoms with Gasteiger partial charge >= 0.3 is 0 Å². The van der Waals surface area contributed by atoms with Crippen LogP contribution in [-0.4, -0.2) is 0 Å². The van der Waals surface area contributed by atoms with E-state index in [4.69, 9.17) is 16.9 Å². The minimum Gasteiger partial charge on any atom is -0.192 e. The molecule has 0 radical (unpaired) electrons. The lowest BCUT2D eigenvalue weighted by Gasteiger charge is -1.96. The standard InChI is InChI=1S/C8H6ClN.2C2H6/c1-6-7(5-10)3-2-4-8(6)9;2*1-2/h2-4H,1H3;2*1-2H3. The Morgan fingerprint density at radius 1 is 1.14 bits per heavy atom. The molecule has 2 heteroatoms. The third-order valence-corrected chi connectivity index (χ3v) is 1.80. The second-order valence-corrected chi connectivity index (χ2v) is 2.43. The molecule has 1 aromatic rings. The van der Waals surface area contributed by atoms with Crippen LogP contribution in [0.25, 0.3) is 0 Å². The van der Waals surface area contributed by atoms with Crippen LogP contribution in [0.1, 0.15) is 38.8 Å². The van der Waals surface area contributed by atoms with Gasteiger partial charge in [0.1, 0.15) is 0 Å². The molecule has 0 amide bonds. The molecule has 78 valence electrons. The van der Waals surface area contributed by atoms with Crippen LogP contribution in [-0.2, 0) is 0 Å². The normalized spacial score (nSPS) is 7.21. The van der Waals surface area contributed by atoms with E-state index in [-0.39, 0.29) is 0 Å². The zero-order valence-electron chi connectivity index (χ0n) is 9.56. The summed E-state index contributed by atoms with van der Waals surface area (Å²) in [7, 11) is 0. The highest BCUT2D eigenvalue weighted by Crippen LogP contribution is 2.17. The average molecular weight is 212 g/mol. The van der Waals surface area contributed by atoms with Gasteiger partial charge in [-0.15, -0.1) is 0 Å². The summed E-state index contributed by atoms with van der Waals surface area (Å²) in [5.74, 6) is 0. The van der Waals surface area contributed by atoms with Crippen LogP contribution in [0.3, 0.4) is 0 Å². The summed E-state index contributed by atoms with van der Waals surface area (Å²) < 4.78 is 0. The molecule has 0 fully saturated rings. The monoisotopic (exact) mass is 211 g/mol. The summed E-state index contributed by atoms with van der Waals surface area (Å²) in [5.41, 5.74) is 1.50. The van der Waals surface area contributed by atoms with Crippen molar-refractivity contribution in [3.8, 4) is 6.07 Å². The lowest BCUT2D eigenvalue weighted by Crippen LogP contribution is -1.80. The molecule has 0 saturated heterocycles. The fraction of sp³-hybridized carbons (Fsp3) is 0.417. The van der Waals surface area contributed by atoms with Crippen molar-refractivity contribution in [3.63, 3.8) is 0 Å². The molecule has 0 atom stereocenters. The molecular weight excluding hydrogens is 194 g/mol. The highest BCUT2D eigenvalue weighted by atomic mass is 35.5. The van der Waals surface area contributed by atoms with Gasteiger partial charge in [-0.2, -0.15) is 5.26 Å². The number of halogens is 1. The fourth-order valence-electron chi connectivity index (χ4n) is 0.729. The Morgan fingerprint density at radius 3 is 2.00 bits per heavy atom. The smallest absolute Gasteiger partial charge is 0.0994 e. The highest BCUT2D eigenvalue weighted by molar-refractivity contribution is 6.31. The van der Waals surface area contributed by atoms with Crippen LogP contribution >= 0.6 is 11.6 Å². The topological polar surface area (TPSA) is 23.8 Å². The zero-order valence-corrected chi connectivity index (χ0v) is 10.3. The van der Waals surface area contributed by atoms with Gasteiger partial charge in [0, 0.05) is 5.02 Å². The van der Waals surface area contributed by atoms with Crippen LogP contribution in [0.15, 0.2) is 18.2 Å². The lowest BCUT2D eigenvalue weighted by atomic mass is 10.1. The molecule has 0 spiro atoms. The van der Waals surface area contributed by atoms with E-state index in [9.17, 15) is 0 Å². The molecule has 1 nitrogen and oxygen atoms in total. The predicted molar refractivity (Wildman–Crippen MR) is 63.6 cm³/mol. The molecule has 0 aliphatic heterocycles. The van der Waals surface area contributed by atoms with Gasteiger partial charge in [0.05, 0.1) is 11.6 Å². The van der Waals surface area contributed by atoms with E-state index in [0.717, 1.165) is 5.56 Å². The second kappa shape index (κ2) is 10.1. The van der Waals surface area contributed by atoms with Crippen molar-refractivity contribution in [2.24, 2.45) is 0 Å². The van der Waals surface area contributed by atoms with Crippen LogP contribution in [0, 0.1) is 18.3 Å². The first kappa shape index (κ1) is 15.5. The highest BCUT2D eigenvalue weighted by Gasteiger charge is 1.98. The quantitative estimate of drug-likeness (QED) is 0.617. The van der Waals surface area contributed by atoms with Crippen molar-refractivity contribution in [2.75, 3.05) is 0 Å². The van der Waals surface area contributed by atoms with Crippen molar-refractivity contribution in [1.29, 1.82) is 5.26 Å². The summed E-state index contributed by atoms with van der Waals surface area (Å²) in [6.07, 6.45) is 0. The first-order valence-electron chi connectivity index (χ1n) is 4.91. The SMILES string of the molecule is CC.CC.Cc1c(Cl)cccc1C#N. The van der Waals surface area contributed by atoms with Gasteiger partial charge in [0.25, 0.3) is 0 Å². The van der Waals surface area contributed by atoms with Crippen molar-refractivity contribution in [3.05, 3.63) is 34.3 Å². The van der Waals surface area contributed by atoms with Crippen LogP contribution < -0.4 is 0 Å². The van der Waals surface area contributed by atoms with E-state index in [1.807, 2.05) is 34.6 Å². The summed E-state index contributed by atoms with van der Waals surface area (Å²) in [5, 5.41) is 9.19. The maximum absolute atomic E-state index is 8.53. The van der Waals surface area contributed by atoms with E-state index in [2.05, 4.69) is 6.07 Å². The van der Waals surface area contributed by atoms with E-state index in [1.54, 1.807) is 18.2 Å². The van der Waals surface area contributed by atoms with Crippen molar-refractivity contribution >= 4 is 11.6 Å². The van der Waals surface area contributed by atoms with Gasteiger partial charge in [-0.25, -0.2) is 0 Å². The first-order valence-corrected chi connectivity index (χ1v) is 5.28. The predicted octanol–water partition coefficient (Wildman–Crippen LogP) is 4.57. The van der Waals surface area contributed by atoms with Crippen molar-refractivity contribution in [2.45, 2.75) is 34.6 Å². The minimum absolute atomic E-state index is 0.646. The van der Waals surface area contributed by atoms with Crippen molar-refractivity contribution in [1.82, 2.24) is 0 Å². The van der Waals surface area contributed by atoms with Crippen LogP contribution in [0.5, 0.6) is 0 Å². The molecule has 0 aromatic heterocycles. The molecule has 1 rings (SSSR count). The van der Waals surface area contributed by atoms with Gasteiger partial charge in [0.15, 0.2) is 0 Å². The number of nitrogens with zero attached hydrogens (tertiary/aromatic N) is 1. The molecule has 0 saturated carbocycles. The summed E-state index contributed by atoms with van der Waals surface area (Å²) >= 11 is 5.74. The molecule has 1 aromatic carbocycles. The Labute approximate surface area is 92.3 Å². The lowest BCUT2D eigenvalue weighted by molar-refractivity contribution is 1.39. The van der Waals surface area contributed by atoms with Gasteiger partial charge in [0.2, 0.25) is 0 Å². The molecule has 0 aliphatic rings. The van der Waals surface area contributed by atoms with E-state index >= 15 is 0 Å². The molecule has 0 N–H and O–H groups in total. The zero-order chi connectivity index (χ0) is 11.6. The molecule has 14 heavy (non-hydrogen) atoms. The maximum Gasteiger partial charge on any atom is 0.0994 e. The molecular formula is C12H18ClN. The maximum atomic E-state index is 8.53. The third-order valence-electron chi connectivity index (χ3n) is 1.39. The summed E-state index contributed by atoms with van der Waals surface area (Å²) in [4.78, 5) is 0. The fourth-order valence-corrected chi connectivity index (χ4v) is 0.903. The minimum atomic E-state index is 0.646. The summed E-state index contributed by atoms with van der Waals surface area (Å²) in [6, 6.07) is 7.35. The second-order valence-electron chi connectivity index (χ2n) is 2.02. The largest absolute Gasteiger partial charge is 0.192 e. The van der Waals surface area contributed by atoms with Crippen molar-refractivity contribution < 1.29 is 0 Å². The molecule has 0 heterocycles. The Morgan fingerprint density at radius 2 is 1.64 bits per heavy atom. The van der Waals surface area contributed by atoms with E-state index < -0.39 is 0 Å². The van der Waals surface area contributed by atoms with E-state index in [0.29, 0.717) is 10.6 Å². The van der Waals surface area contributed by atoms with Gasteiger partial charge in [-0.05, 0) is 24.6 Å². The Balaban J connectivity index is 0. The van der Waals surface area contributed by atoms with Crippen LogP contribution in [0.2, 0.25) is 5.02 Å². The summed E-state index contributed by atoms with van der Waals surface area (Å²) in [6.45, 7) is 9.83. The Hall–Kier alpha value is -1.00. The Bertz CT molecular complexity index is 287. The van der Waals surface area contributed by atoms with Gasteiger partial charge in [-0.1, -0.05) is 45.4 Å². The average Bonchev–Trinajstić information content (AvgIpc) is 2.28. The number of benzene rings is 1. The number of nitriles is 1. The Kier molecular flexibility index (Phi) is 11.1. The molecule has 0 aliphatic carbocycles. The first-order chi connectivity index (χ1) is 6.75. The third kappa shape index (κ3) is 4.89. The van der Waals surface area contributed by atoms with Crippen LogP contribution in [0.4, 0.5) is 0 Å². The number of hydrogen-bond donors (Lipinski definition) is 0.